The number of nitrogen functional groups attached to an aromatic ring is 1. The molecule has 2 N–H and O–H groups in total. The third kappa shape index (κ3) is 2.96. The number of carbonyl (C=O) groups is 1. The number of Topliss-reactive ketones (excluding diaryl/α,β-unsaturated/α-hetero) is 1. The van der Waals surface area contributed by atoms with Gasteiger partial charge in [0, 0.05) is 26.0 Å². The average Bonchev–Trinajstić information content (AvgIpc) is 3.27. The molecule has 0 aliphatic heterocycles. The number of hydrogen-bond donors (Lipinski definition) is 1. The van der Waals surface area contributed by atoms with Gasteiger partial charge in [0.25, 0.3) is 11.1 Å². The number of rotatable bonds is 4. The van der Waals surface area contributed by atoms with Crippen LogP contribution in [-0.2, 0) is 34.0 Å². The average molecular weight is 434 g/mol. The number of carbonyl (C=O) groups excluding carboxylic acids is 1. The molecule has 3 aromatic heterocycles. The summed E-state index contributed by atoms with van der Waals surface area (Å²) in [5, 5.41) is 1.08. The van der Waals surface area contributed by atoms with Crippen LogP contribution in [-0.4, -0.2) is 30.2 Å². The highest BCUT2D eigenvalue weighted by Gasteiger charge is 2.24. The molecule has 1 aliphatic carbocycles. The number of aromatic nitrogens is 4. The fraction of sp³-hybridized carbons (Fsp3) is 0.389. The zero-order valence-corrected chi connectivity index (χ0v) is 17.8. The minimum absolute atomic E-state index is 0.123. The predicted octanol–water partition coefficient (Wildman–Crippen LogP) is 0.438. The zero-order chi connectivity index (χ0) is 21.0. The van der Waals surface area contributed by atoms with E-state index in [9.17, 15) is 19.2 Å². The molecule has 0 atom stereocenters. The Bertz CT molecular complexity index is 1360. The van der Waals surface area contributed by atoms with Crippen molar-refractivity contribution in [1.29, 1.82) is 0 Å². The molecule has 0 unspecified atom stereocenters. The van der Waals surface area contributed by atoms with Crippen LogP contribution in [0.25, 0.3) is 10.2 Å². The molecule has 0 fully saturated rings. The summed E-state index contributed by atoms with van der Waals surface area (Å²) >= 11 is 2.60. The van der Waals surface area contributed by atoms with Crippen molar-refractivity contribution < 1.29 is 4.79 Å². The van der Waals surface area contributed by atoms with E-state index in [4.69, 9.17) is 5.73 Å². The number of nitrogens with zero attached hydrogens (tertiary/aromatic N) is 4. The molecule has 0 spiro atoms. The summed E-state index contributed by atoms with van der Waals surface area (Å²) < 4.78 is 3.35. The second kappa shape index (κ2) is 6.99. The molecule has 152 valence electrons. The topological polar surface area (TPSA) is 122 Å². The molecule has 4 rings (SSSR count). The van der Waals surface area contributed by atoms with Gasteiger partial charge in [-0.25, -0.2) is 9.78 Å². The fourth-order valence-corrected chi connectivity index (χ4v) is 5.71. The van der Waals surface area contributed by atoms with E-state index in [-0.39, 0.29) is 22.7 Å². The predicted molar refractivity (Wildman–Crippen MR) is 113 cm³/mol. The lowest BCUT2D eigenvalue weighted by Gasteiger charge is -2.11. The molecule has 1 aliphatic rings. The molecule has 11 heteroatoms. The molecule has 29 heavy (non-hydrogen) atoms. The first-order valence-corrected chi connectivity index (χ1v) is 10.7. The number of ketones is 1. The van der Waals surface area contributed by atoms with Gasteiger partial charge in [0.2, 0.25) is 0 Å². The molecule has 9 nitrogen and oxygen atoms in total. The van der Waals surface area contributed by atoms with Crippen LogP contribution in [0, 0.1) is 0 Å². The highest BCUT2D eigenvalue weighted by molar-refractivity contribution is 7.99. The number of fused-ring (bicyclic) bond motifs is 3. The van der Waals surface area contributed by atoms with E-state index in [0.717, 1.165) is 45.7 Å². The highest BCUT2D eigenvalue weighted by atomic mass is 32.2. The molecule has 3 heterocycles. The third-order valence-electron chi connectivity index (χ3n) is 5.23. The first-order valence-electron chi connectivity index (χ1n) is 8.95. The van der Waals surface area contributed by atoms with Gasteiger partial charge in [-0.2, -0.15) is 0 Å². The summed E-state index contributed by atoms with van der Waals surface area (Å²) in [7, 11) is 4.32. The maximum atomic E-state index is 12.8. The van der Waals surface area contributed by atoms with Crippen molar-refractivity contribution in [2.45, 2.75) is 24.4 Å². The Morgan fingerprint density at radius 1 is 1.10 bits per heavy atom. The summed E-state index contributed by atoms with van der Waals surface area (Å²) in [5.41, 5.74) is 5.26. The van der Waals surface area contributed by atoms with E-state index in [1.807, 2.05) is 0 Å². The van der Waals surface area contributed by atoms with Crippen molar-refractivity contribution in [3.05, 3.63) is 47.2 Å². The van der Waals surface area contributed by atoms with Gasteiger partial charge in [0.05, 0.1) is 11.1 Å². The number of nitrogens with two attached hydrogens (primary N) is 1. The Balaban J connectivity index is 1.69. The number of thiophene rings is 1. The van der Waals surface area contributed by atoms with Gasteiger partial charge in [-0.1, -0.05) is 11.8 Å². The van der Waals surface area contributed by atoms with Crippen molar-refractivity contribution in [2.24, 2.45) is 21.1 Å². The van der Waals surface area contributed by atoms with E-state index >= 15 is 0 Å². The molecule has 0 bridgehead atoms. The van der Waals surface area contributed by atoms with Gasteiger partial charge >= 0.3 is 5.69 Å². The van der Waals surface area contributed by atoms with E-state index in [1.54, 1.807) is 7.05 Å². The summed E-state index contributed by atoms with van der Waals surface area (Å²) in [5.74, 6) is -0.823. The molecule has 3 aromatic rings. The second-order valence-corrected chi connectivity index (χ2v) is 9.00. The van der Waals surface area contributed by atoms with E-state index in [0.29, 0.717) is 15.4 Å². The smallest absolute Gasteiger partial charge is 0.332 e. The van der Waals surface area contributed by atoms with Crippen molar-refractivity contribution in [3.63, 3.8) is 0 Å². The molecule has 0 aromatic carbocycles. The van der Waals surface area contributed by atoms with Gasteiger partial charge in [0.1, 0.15) is 16.2 Å². The number of aryl methyl sites for hydroxylation is 2. The summed E-state index contributed by atoms with van der Waals surface area (Å²) in [6, 6.07) is 0. The lowest BCUT2D eigenvalue weighted by Crippen LogP contribution is -2.41. The monoisotopic (exact) mass is 433 g/mol. The van der Waals surface area contributed by atoms with Crippen LogP contribution in [0.15, 0.2) is 19.5 Å². The molecule has 0 saturated heterocycles. The quantitative estimate of drug-likeness (QED) is 0.360. The Hall–Kier alpha value is -2.66. The summed E-state index contributed by atoms with van der Waals surface area (Å²) in [6.45, 7) is 0. The Morgan fingerprint density at radius 2 is 1.83 bits per heavy atom. The number of hydrogen-bond acceptors (Lipinski definition) is 8. The van der Waals surface area contributed by atoms with Crippen LogP contribution in [0.4, 0.5) is 5.82 Å². The molecular formula is C18H19N5O4S2. The highest BCUT2D eigenvalue weighted by Crippen LogP contribution is 2.35. The first kappa shape index (κ1) is 19.6. The zero-order valence-electron chi connectivity index (χ0n) is 16.1. The van der Waals surface area contributed by atoms with Crippen molar-refractivity contribution in [2.75, 3.05) is 11.5 Å². The van der Waals surface area contributed by atoms with Crippen molar-refractivity contribution in [1.82, 2.24) is 18.7 Å². The van der Waals surface area contributed by atoms with E-state index in [2.05, 4.69) is 4.98 Å². The second-order valence-electron chi connectivity index (χ2n) is 6.97. The van der Waals surface area contributed by atoms with Crippen molar-refractivity contribution >= 4 is 44.9 Å². The maximum Gasteiger partial charge on any atom is 0.332 e. The van der Waals surface area contributed by atoms with Crippen LogP contribution in [0.5, 0.6) is 0 Å². The van der Waals surface area contributed by atoms with Crippen LogP contribution >= 0.6 is 23.1 Å². The van der Waals surface area contributed by atoms with Crippen LogP contribution < -0.4 is 22.5 Å². The maximum absolute atomic E-state index is 12.8. The molecule has 0 saturated carbocycles. The van der Waals surface area contributed by atoms with Crippen LogP contribution in [0.1, 0.15) is 27.2 Å². The molecular weight excluding hydrogens is 414 g/mol. The van der Waals surface area contributed by atoms with Gasteiger partial charge in [-0.15, -0.1) is 11.3 Å². The fourth-order valence-electron chi connectivity index (χ4n) is 3.56. The standard InChI is InChI=1S/C18H19N5O4S2/c1-21-13(19)12(16(26)23(3)18(21)27)9(24)7-28-17-20-14-11(15(25)22(17)2)8-5-4-6-10(8)29-14/h4-7,19H2,1-3H3. The minimum atomic E-state index is -0.733. The Morgan fingerprint density at radius 3 is 2.55 bits per heavy atom. The number of anilines is 1. The van der Waals surface area contributed by atoms with Gasteiger partial charge < -0.3 is 5.73 Å². The van der Waals surface area contributed by atoms with Gasteiger partial charge in [-0.05, 0) is 24.8 Å². The first-order chi connectivity index (χ1) is 13.7. The largest absolute Gasteiger partial charge is 0.384 e. The lowest BCUT2D eigenvalue weighted by atomic mass is 10.2. The molecule has 0 radical (unpaired) electrons. The van der Waals surface area contributed by atoms with Gasteiger partial charge in [-0.3, -0.25) is 28.1 Å². The lowest BCUT2D eigenvalue weighted by molar-refractivity contribution is 0.102. The number of thioether (sulfide) groups is 1. The molecule has 0 amide bonds. The normalized spacial score (nSPS) is 13.2. The van der Waals surface area contributed by atoms with Gasteiger partial charge in [0.15, 0.2) is 10.9 Å². The van der Waals surface area contributed by atoms with Crippen LogP contribution in [0.3, 0.4) is 0 Å². The summed E-state index contributed by atoms with van der Waals surface area (Å²) in [4.78, 5) is 56.3. The Labute approximate surface area is 172 Å². The Kier molecular flexibility index (Phi) is 4.74. The van der Waals surface area contributed by atoms with E-state index < -0.39 is 17.0 Å². The SMILES string of the molecule is Cn1c(SCC(=O)c2c(N)n(C)c(=O)n(C)c2=O)nc2sc3c(c2c1=O)CCC3. The van der Waals surface area contributed by atoms with Crippen molar-refractivity contribution in [3.8, 4) is 0 Å². The van der Waals surface area contributed by atoms with E-state index in [1.165, 1.54) is 34.9 Å². The third-order valence-corrected chi connectivity index (χ3v) is 7.44. The minimum Gasteiger partial charge on any atom is -0.384 e. The van der Waals surface area contributed by atoms with Crippen LogP contribution in [0.2, 0.25) is 0 Å². The summed E-state index contributed by atoms with van der Waals surface area (Å²) in [6.07, 6.45) is 2.92.